The SMILES string of the molecule is CN(Cc1ccccc1F)C(=O)c1cc[n+]([O-])cc1. The highest BCUT2D eigenvalue weighted by molar-refractivity contribution is 5.93. The average molecular weight is 260 g/mol. The number of hydrogen-bond acceptors (Lipinski definition) is 2. The van der Waals surface area contributed by atoms with Gasteiger partial charge in [0.15, 0.2) is 12.4 Å². The normalized spacial score (nSPS) is 10.2. The summed E-state index contributed by atoms with van der Waals surface area (Å²) in [6.45, 7) is 0.178. The number of benzene rings is 1. The molecule has 1 amide bonds. The fourth-order valence-electron chi connectivity index (χ4n) is 1.73. The zero-order valence-electron chi connectivity index (χ0n) is 10.4. The summed E-state index contributed by atoms with van der Waals surface area (Å²) in [6, 6.07) is 9.19. The van der Waals surface area contributed by atoms with Gasteiger partial charge in [0.05, 0.1) is 5.56 Å². The van der Waals surface area contributed by atoms with Crippen LogP contribution in [0.3, 0.4) is 0 Å². The second-order valence-corrected chi connectivity index (χ2v) is 4.20. The van der Waals surface area contributed by atoms with Crippen molar-refractivity contribution in [2.24, 2.45) is 0 Å². The van der Waals surface area contributed by atoms with Crippen molar-refractivity contribution in [1.82, 2.24) is 4.90 Å². The van der Waals surface area contributed by atoms with Crippen LogP contribution in [-0.2, 0) is 6.54 Å². The topological polar surface area (TPSA) is 47.2 Å². The Kier molecular flexibility index (Phi) is 3.75. The van der Waals surface area contributed by atoms with Gasteiger partial charge in [0.1, 0.15) is 5.82 Å². The lowest BCUT2D eigenvalue weighted by molar-refractivity contribution is -0.605. The number of amides is 1. The summed E-state index contributed by atoms with van der Waals surface area (Å²) in [5, 5.41) is 10.9. The van der Waals surface area contributed by atoms with Crippen LogP contribution in [0.2, 0.25) is 0 Å². The van der Waals surface area contributed by atoms with Crippen molar-refractivity contribution in [3.63, 3.8) is 0 Å². The van der Waals surface area contributed by atoms with E-state index in [-0.39, 0.29) is 18.3 Å². The van der Waals surface area contributed by atoms with E-state index in [2.05, 4.69) is 0 Å². The third-order valence-electron chi connectivity index (χ3n) is 2.76. The summed E-state index contributed by atoms with van der Waals surface area (Å²) < 4.78 is 14.1. The number of carbonyl (C=O) groups is 1. The quantitative estimate of drug-likeness (QED) is 0.623. The predicted octanol–water partition coefficient (Wildman–Crippen LogP) is 1.73. The molecule has 4 nitrogen and oxygen atoms in total. The molecule has 1 heterocycles. The van der Waals surface area contributed by atoms with Gasteiger partial charge < -0.3 is 10.1 Å². The number of rotatable bonds is 3. The molecule has 0 unspecified atom stereocenters. The van der Waals surface area contributed by atoms with Crippen LogP contribution in [0, 0.1) is 11.0 Å². The summed E-state index contributed by atoms with van der Waals surface area (Å²) in [5.41, 5.74) is 0.846. The first-order valence-electron chi connectivity index (χ1n) is 5.75. The Balaban J connectivity index is 2.12. The Bertz CT molecular complexity index is 584. The fraction of sp³-hybridized carbons (Fsp3) is 0.143. The first-order valence-corrected chi connectivity index (χ1v) is 5.75. The van der Waals surface area contributed by atoms with Crippen molar-refractivity contribution in [3.8, 4) is 0 Å². The molecule has 98 valence electrons. The molecular weight excluding hydrogens is 247 g/mol. The van der Waals surface area contributed by atoms with Crippen LogP contribution in [0.25, 0.3) is 0 Å². The van der Waals surface area contributed by atoms with E-state index in [1.165, 1.54) is 35.5 Å². The first-order chi connectivity index (χ1) is 9.08. The average Bonchev–Trinajstić information content (AvgIpc) is 2.41. The lowest BCUT2D eigenvalue weighted by Gasteiger charge is -2.17. The molecule has 0 N–H and O–H groups in total. The van der Waals surface area contributed by atoms with Crippen LogP contribution < -0.4 is 4.73 Å². The van der Waals surface area contributed by atoms with Gasteiger partial charge in [0.25, 0.3) is 5.91 Å². The van der Waals surface area contributed by atoms with Crippen molar-refractivity contribution in [3.05, 3.63) is 70.9 Å². The highest BCUT2D eigenvalue weighted by Crippen LogP contribution is 2.11. The predicted molar refractivity (Wildman–Crippen MR) is 67.6 cm³/mol. The molecule has 0 saturated heterocycles. The molecule has 0 saturated carbocycles. The fourth-order valence-corrected chi connectivity index (χ4v) is 1.73. The van der Waals surface area contributed by atoms with E-state index in [1.54, 1.807) is 25.2 Å². The molecule has 0 radical (unpaired) electrons. The number of carbonyl (C=O) groups excluding carboxylic acids is 1. The maximum Gasteiger partial charge on any atom is 0.254 e. The van der Waals surface area contributed by atoms with Gasteiger partial charge in [-0.15, -0.1) is 0 Å². The van der Waals surface area contributed by atoms with E-state index >= 15 is 0 Å². The molecule has 0 aliphatic rings. The minimum Gasteiger partial charge on any atom is -0.619 e. The van der Waals surface area contributed by atoms with E-state index in [1.807, 2.05) is 0 Å². The Hall–Kier alpha value is -2.43. The Morgan fingerprint density at radius 1 is 1.26 bits per heavy atom. The number of pyridine rings is 1. The molecular formula is C14H13FN2O2. The van der Waals surface area contributed by atoms with Crippen LogP contribution in [-0.4, -0.2) is 17.9 Å². The van der Waals surface area contributed by atoms with Crippen LogP contribution in [0.1, 0.15) is 15.9 Å². The highest BCUT2D eigenvalue weighted by Gasteiger charge is 2.14. The third kappa shape index (κ3) is 3.07. The van der Waals surface area contributed by atoms with Gasteiger partial charge >= 0.3 is 0 Å². The van der Waals surface area contributed by atoms with Crippen molar-refractivity contribution in [2.45, 2.75) is 6.54 Å². The smallest absolute Gasteiger partial charge is 0.254 e. The van der Waals surface area contributed by atoms with Gasteiger partial charge in [0.2, 0.25) is 0 Å². The molecule has 1 aromatic heterocycles. The molecule has 0 fully saturated rings. The van der Waals surface area contributed by atoms with E-state index < -0.39 is 0 Å². The van der Waals surface area contributed by atoms with Crippen LogP contribution in [0.5, 0.6) is 0 Å². The third-order valence-corrected chi connectivity index (χ3v) is 2.76. The largest absolute Gasteiger partial charge is 0.619 e. The standard InChI is InChI=1S/C14H13FN2O2/c1-16(10-12-4-2-3-5-13(12)15)14(18)11-6-8-17(19)9-7-11/h2-9H,10H2,1H3. The Labute approximate surface area is 110 Å². The summed E-state index contributed by atoms with van der Waals surface area (Å²) >= 11 is 0. The Morgan fingerprint density at radius 3 is 2.53 bits per heavy atom. The van der Waals surface area contributed by atoms with Gasteiger partial charge in [-0.05, 0) is 6.07 Å². The molecule has 5 heteroatoms. The van der Waals surface area contributed by atoms with Crippen molar-refractivity contribution < 1.29 is 13.9 Å². The van der Waals surface area contributed by atoms with Gasteiger partial charge in [-0.2, -0.15) is 4.73 Å². The minimum atomic E-state index is -0.340. The maximum atomic E-state index is 13.5. The van der Waals surface area contributed by atoms with E-state index in [4.69, 9.17) is 0 Å². The zero-order chi connectivity index (χ0) is 13.8. The van der Waals surface area contributed by atoms with Crippen molar-refractivity contribution >= 4 is 5.91 Å². The zero-order valence-corrected chi connectivity index (χ0v) is 10.4. The van der Waals surface area contributed by atoms with Crippen LogP contribution in [0.4, 0.5) is 4.39 Å². The van der Waals surface area contributed by atoms with E-state index in [0.717, 1.165) is 0 Å². The van der Waals surface area contributed by atoms with Crippen LogP contribution >= 0.6 is 0 Å². The second kappa shape index (κ2) is 5.48. The number of hydrogen-bond donors (Lipinski definition) is 0. The number of nitrogens with zero attached hydrogens (tertiary/aromatic N) is 2. The molecule has 2 rings (SSSR count). The van der Waals surface area contributed by atoms with Gasteiger partial charge in [-0.25, -0.2) is 4.39 Å². The van der Waals surface area contributed by atoms with Gasteiger partial charge in [-0.3, -0.25) is 4.79 Å². The molecule has 0 atom stereocenters. The summed E-state index contributed by atoms with van der Waals surface area (Å²) in [4.78, 5) is 13.5. The molecule has 0 spiro atoms. The molecule has 0 aliphatic heterocycles. The summed E-state index contributed by atoms with van der Waals surface area (Å²) in [7, 11) is 1.59. The molecule has 0 bridgehead atoms. The summed E-state index contributed by atoms with van der Waals surface area (Å²) in [5.74, 6) is -0.600. The Morgan fingerprint density at radius 2 is 1.89 bits per heavy atom. The van der Waals surface area contributed by atoms with E-state index in [0.29, 0.717) is 15.9 Å². The molecule has 1 aromatic carbocycles. The molecule has 0 aliphatic carbocycles. The maximum absolute atomic E-state index is 13.5. The molecule has 2 aromatic rings. The lowest BCUT2D eigenvalue weighted by atomic mass is 10.2. The monoisotopic (exact) mass is 260 g/mol. The van der Waals surface area contributed by atoms with Gasteiger partial charge in [0, 0.05) is 31.3 Å². The highest BCUT2D eigenvalue weighted by atomic mass is 19.1. The summed E-state index contributed by atoms with van der Waals surface area (Å²) in [6.07, 6.45) is 2.51. The number of halogens is 1. The molecule has 19 heavy (non-hydrogen) atoms. The number of aromatic nitrogens is 1. The second-order valence-electron chi connectivity index (χ2n) is 4.20. The minimum absolute atomic E-state index is 0.178. The van der Waals surface area contributed by atoms with Crippen molar-refractivity contribution in [1.29, 1.82) is 0 Å². The van der Waals surface area contributed by atoms with Gasteiger partial charge in [-0.1, -0.05) is 18.2 Å². The van der Waals surface area contributed by atoms with E-state index in [9.17, 15) is 14.4 Å². The van der Waals surface area contributed by atoms with Crippen LogP contribution in [0.15, 0.2) is 48.8 Å². The lowest BCUT2D eigenvalue weighted by Crippen LogP contribution is -2.29. The first kappa shape index (κ1) is 13.0. The van der Waals surface area contributed by atoms with Crippen molar-refractivity contribution in [2.75, 3.05) is 7.05 Å².